The highest BCUT2D eigenvalue weighted by Crippen LogP contribution is 2.40. The maximum absolute atomic E-state index is 12.9. The molecule has 0 unspecified atom stereocenters. The fourth-order valence-corrected chi connectivity index (χ4v) is 3.08. The Labute approximate surface area is 157 Å². The van der Waals surface area contributed by atoms with Crippen molar-refractivity contribution in [2.24, 2.45) is 0 Å². The maximum atomic E-state index is 12.9. The van der Waals surface area contributed by atoms with Crippen LogP contribution in [0.2, 0.25) is 0 Å². The molecule has 0 saturated carbocycles. The fraction of sp³-hybridized carbons (Fsp3) is 0.300. The van der Waals surface area contributed by atoms with Crippen LogP contribution in [-0.4, -0.2) is 30.2 Å². The number of anilines is 2. The summed E-state index contributed by atoms with van der Waals surface area (Å²) in [5.74, 6) is -0.0152. The first-order chi connectivity index (χ1) is 13.0. The first-order valence-electron chi connectivity index (χ1n) is 8.96. The number of amides is 3. The van der Waals surface area contributed by atoms with E-state index in [0.717, 1.165) is 4.90 Å². The molecule has 3 rings (SSSR count). The summed E-state index contributed by atoms with van der Waals surface area (Å²) < 4.78 is 5.42. The molecule has 0 aliphatic carbocycles. The minimum Gasteiger partial charge on any atom is -0.494 e. The van der Waals surface area contributed by atoms with Gasteiger partial charge in [0.2, 0.25) is 0 Å². The number of carbonyl (C=O) groups excluding carboxylic acids is 2. The van der Waals surface area contributed by atoms with Gasteiger partial charge in [0, 0.05) is 17.8 Å². The highest BCUT2D eigenvalue weighted by Gasteiger charge is 2.51. The molecule has 1 atom stereocenters. The van der Waals surface area contributed by atoms with Gasteiger partial charge in [-0.3, -0.25) is 9.69 Å². The number of ether oxygens (including phenoxy) is 1. The molecule has 0 fully saturated rings. The quantitative estimate of drug-likeness (QED) is 0.730. The molecule has 1 heterocycles. The topological polar surface area (TPSA) is 90.9 Å². The van der Waals surface area contributed by atoms with Gasteiger partial charge in [0.25, 0.3) is 11.6 Å². The third-order valence-corrected chi connectivity index (χ3v) is 4.33. The number of carbonyl (C=O) groups is 2. The van der Waals surface area contributed by atoms with Crippen molar-refractivity contribution in [3.63, 3.8) is 0 Å². The van der Waals surface area contributed by atoms with E-state index in [2.05, 4.69) is 10.6 Å². The molecule has 0 spiro atoms. The van der Waals surface area contributed by atoms with E-state index < -0.39 is 17.7 Å². The Kier molecular flexibility index (Phi) is 5.32. The molecule has 0 radical (unpaired) electrons. The number of fused-ring (bicyclic) bond motifs is 1. The number of hydrogen-bond donors (Lipinski definition) is 3. The Hall–Kier alpha value is -3.06. The predicted octanol–water partition coefficient (Wildman–Crippen LogP) is 2.81. The lowest BCUT2D eigenvalue weighted by Crippen LogP contribution is -2.62. The monoisotopic (exact) mass is 369 g/mol. The van der Waals surface area contributed by atoms with Crippen molar-refractivity contribution in [3.05, 3.63) is 54.1 Å². The van der Waals surface area contributed by atoms with E-state index in [1.165, 1.54) is 0 Å². The zero-order valence-electron chi connectivity index (χ0n) is 15.4. The van der Waals surface area contributed by atoms with Crippen molar-refractivity contribution < 1.29 is 19.4 Å². The summed E-state index contributed by atoms with van der Waals surface area (Å²) >= 11 is 0. The average molecular weight is 369 g/mol. The van der Waals surface area contributed by atoms with E-state index in [1.807, 2.05) is 13.8 Å². The van der Waals surface area contributed by atoms with Gasteiger partial charge in [-0.2, -0.15) is 0 Å². The normalized spacial score (nSPS) is 18.5. The maximum Gasteiger partial charge on any atom is 0.329 e. The van der Waals surface area contributed by atoms with Gasteiger partial charge < -0.3 is 20.5 Å². The number of rotatable bonds is 6. The van der Waals surface area contributed by atoms with Crippen molar-refractivity contribution in [2.75, 3.05) is 23.4 Å². The van der Waals surface area contributed by atoms with E-state index in [-0.39, 0.29) is 0 Å². The average Bonchev–Trinajstić information content (AvgIpc) is 2.67. The lowest BCUT2D eigenvalue weighted by atomic mass is 9.94. The van der Waals surface area contributed by atoms with E-state index in [0.29, 0.717) is 42.3 Å². The molecule has 2 aromatic rings. The van der Waals surface area contributed by atoms with E-state index >= 15 is 0 Å². The molecular formula is C20H23N3O4. The van der Waals surface area contributed by atoms with Crippen LogP contribution in [0.25, 0.3) is 0 Å². The first-order valence-corrected chi connectivity index (χ1v) is 8.96. The molecule has 7 nitrogen and oxygen atoms in total. The number of benzene rings is 2. The van der Waals surface area contributed by atoms with Gasteiger partial charge >= 0.3 is 6.03 Å². The number of para-hydroxylation sites is 1. The molecule has 27 heavy (non-hydrogen) atoms. The summed E-state index contributed by atoms with van der Waals surface area (Å²) in [6, 6.07) is 12.8. The summed E-state index contributed by atoms with van der Waals surface area (Å²) in [4.78, 5) is 26.8. The molecule has 3 N–H and O–H groups in total. The molecule has 0 aromatic heterocycles. The van der Waals surface area contributed by atoms with Gasteiger partial charge in [0.1, 0.15) is 5.75 Å². The van der Waals surface area contributed by atoms with E-state index in [9.17, 15) is 14.7 Å². The van der Waals surface area contributed by atoms with Crippen LogP contribution in [0.15, 0.2) is 48.5 Å². The Balaban J connectivity index is 2.09. The Bertz CT molecular complexity index is 837. The van der Waals surface area contributed by atoms with Crippen LogP contribution in [0.1, 0.15) is 25.8 Å². The number of nitrogens with zero attached hydrogens (tertiary/aromatic N) is 1. The Morgan fingerprint density at radius 2 is 1.89 bits per heavy atom. The molecule has 3 amide bonds. The van der Waals surface area contributed by atoms with Crippen molar-refractivity contribution in [3.8, 4) is 5.75 Å². The van der Waals surface area contributed by atoms with Gasteiger partial charge in [-0.05, 0) is 43.7 Å². The van der Waals surface area contributed by atoms with Crippen LogP contribution in [-0.2, 0) is 10.5 Å². The number of urea groups is 1. The van der Waals surface area contributed by atoms with Crippen LogP contribution >= 0.6 is 0 Å². The van der Waals surface area contributed by atoms with Crippen molar-refractivity contribution in [1.29, 1.82) is 0 Å². The van der Waals surface area contributed by atoms with Crippen molar-refractivity contribution in [2.45, 2.75) is 26.0 Å². The van der Waals surface area contributed by atoms with Gasteiger partial charge in [0.15, 0.2) is 0 Å². The lowest BCUT2D eigenvalue weighted by molar-refractivity contribution is -0.140. The molecule has 2 aromatic carbocycles. The lowest BCUT2D eigenvalue weighted by Gasteiger charge is -2.42. The third-order valence-electron chi connectivity index (χ3n) is 4.33. The highest BCUT2D eigenvalue weighted by molar-refractivity contribution is 6.11. The number of nitrogens with one attached hydrogen (secondary N) is 2. The standard InChI is InChI=1S/C20H23N3O4/c1-3-13-21-18(24)20(26)16-7-5-6-8-17(16)22-19(25)23(20)14-9-11-15(12-10-14)27-4-2/h5-12,26H,3-4,13H2,1-2H3,(H,21,24)(H,22,25)/t20-/m0/s1. The van der Waals surface area contributed by atoms with Gasteiger partial charge in [-0.25, -0.2) is 4.79 Å². The number of aliphatic hydroxyl groups is 1. The summed E-state index contributed by atoms with van der Waals surface area (Å²) in [5.41, 5.74) is -1.08. The second-order valence-electron chi connectivity index (χ2n) is 6.17. The largest absolute Gasteiger partial charge is 0.494 e. The van der Waals surface area contributed by atoms with Crippen LogP contribution in [0.5, 0.6) is 5.75 Å². The van der Waals surface area contributed by atoms with Gasteiger partial charge in [-0.15, -0.1) is 0 Å². The van der Waals surface area contributed by atoms with Crippen molar-refractivity contribution in [1.82, 2.24) is 5.32 Å². The van der Waals surface area contributed by atoms with Crippen LogP contribution < -0.4 is 20.3 Å². The second-order valence-corrected chi connectivity index (χ2v) is 6.17. The molecular weight excluding hydrogens is 346 g/mol. The summed E-state index contributed by atoms with van der Waals surface area (Å²) in [7, 11) is 0. The van der Waals surface area contributed by atoms with Gasteiger partial charge in [0.05, 0.1) is 12.3 Å². The van der Waals surface area contributed by atoms with E-state index in [1.54, 1.807) is 48.5 Å². The van der Waals surface area contributed by atoms with Crippen LogP contribution in [0.4, 0.5) is 16.2 Å². The summed E-state index contributed by atoms with van der Waals surface area (Å²) in [6.45, 7) is 4.69. The number of hydrogen-bond acceptors (Lipinski definition) is 4. The summed E-state index contributed by atoms with van der Waals surface area (Å²) in [5, 5.41) is 16.9. The first kappa shape index (κ1) is 18.7. The minimum absolute atomic E-state index is 0.312. The van der Waals surface area contributed by atoms with Gasteiger partial charge in [-0.1, -0.05) is 25.1 Å². The molecule has 142 valence electrons. The smallest absolute Gasteiger partial charge is 0.329 e. The third kappa shape index (κ3) is 3.33. The highest BCUT2D eigenvalue weighted by atomic mass is 16.5. The van der Waals surface area contributed by atoms with Crippen LogP contribution in [0, 0.1) is 0 Å². The summed E-state index contributed by atoms with van der Waals surface area (Å²) in [6.07, 6.45) is 0.707. The van der Waals surface area contributed by atoms with Crippen LogP contribution in [0.3, 0.4) is 0 Å². The zero-order valence-corrected chi connectivity index (χ0v) is 15.4. The predicted molar refractivity (Wildman–Crippen MR) is 103 cm³/mol. The zero-order chi connectivity index (χ0) is 19.4. The van der Waals surface area contributed by atoms with Crippen molar-refractivity contribution >= 4 is 23.3 Å². The second kappa shape index (κ2) is 7.67. The fourth-order valence-electron chi connectivity index (χ4n) is 3.08. The minimum atomic E-state index is -2.17. The molecule has 1 aliphatic rings. The Morgan fingerprint density at radius 3 is 2.56 bits per heavy atom. The van der Waals surface area contributed by atoms with E-state index in [4.69, 9.17) is 4.74 Å². The molecule has 0 saturated heterocycles. The molecule has 7 heteroatoms. The SMILES string of the molecule is CCCNC(=O)[C@@]1(O)c2ccccc2NC(=O)N1c1ccc(OCC)cc1. The molecule has 1 aliphatic heterocycles. The molecule has 0 bridgehead atoms. The Morgan fingerprint density at radius 1 is 1.19 bits per heavy atom.